The van der Waals surface area contributed by atoms with Gasteiger partial charge in [-0.25, -0.2) is 0 Å². The minimum atomic E-state index is -0.0914. The van der Waals surface area contributed by atoms with Gasteiger partial charge in [0.05, 0.1) is 5.60 Å². The quantitative estimate of drug-likeness (QED) is 0.627. The molecule has 1 heterocycles. The first-order chi connectivity index (χ1) is 11.2. The SMILES string of the molecule is CN=C(NC1CC(C)(OC)C1(C)C)N1CCN(C(=O)C(C)C)CC1. The van der Waals surface area contributed by atoms with Gasteiger partial charge in [0, 0.05) is 57.7 Å². The average molecular weight is 338 g/mol. The lowest BCUT2D eigenvalue weighted by Crippen LogP contribution is -2.70. The summed E-state index contributed by atoms with van der Waals surface area (Å²) in [5.74, 6) is 1.24. The van der Waals surface area contributed by atoms with E-state index in [-0.39, 0.29) is 22.8 Å². The standard InChI is InChI=1S/C18H34N4O2/c1-13(2)15(23)21-8-10-22(11-9-21)16(19-6)20-14-12-18(5,24-7)17(14,3)4/h13-14H,8-12H2,1-7H3,(H,19,20). The summed E-state index contributed by atoms with van der Waals surface area (Å²) in [7, 11) is 3.62. The first kappa shape index (κ1) is 19.0. The van der Waals surface area contributed by atoms with E-state index in [2.05, 4.69) is 36.0 Å². The van der Waals surface area contributed by atoms with E-state index in [0.29, 0.717) is 6.04 Å². The highest BCUT2D eigenvalue weighted by molar-refractivity contribution is 5.81. The predicted octanol–water partition coefficient (Wildman–Crippen LogP) is 1.57. The first-order valence-corrected chi connectivity index (χ1v) is 8.98. The number of methoxy groups -OCH3 is 1. The Morgan fingerprint density at radius 3 is 2.12 bits per heavy atom. The van der Waals surface area contributed by atoms with Crippen molar-refractivity contribution >= 4 is 11.9 Å². The molecule has 1 aliphatic carbocycles. The molecular formula is C18H34N4O2. The van der Waals surface area contributed by atoms with E-state index in [1.807, 2.05) is 25.8 Å². The van der Waals surface area contributed by atoms with Gasteiger partial charge in [-0.2, -0.15) is 0 Å². The second-order valence-electron chi connectivity index (χ2n) is 8.07. The highest BCUT2D eigenvalue weighted by Gasteiger charge is 2.58. The summed E-state index contributed by atoms with van der Waals surface area (Å²) in [6.07, 6.45) is 0.974. The van der Waals surface area contributed by atoms with Crippen molar-refractivity contribution in [2.45, 2.75) is 52.7 Å². The zero-order valence-electron chi connectivity index (χ0n) is 16.3. The van der Waals surface area contributed by atoms with Gasteiger partial charge in [0.15, 0.2) is 5.96 Å². The number of hydrogen-bond acceptors (Lipinski definition) is 3. The Balaban J connectivity index is 1.92. The van der Waals surface area contributed by atoms with Gasteiger partial charge in [-0.3, -0.25) is 9.79 Å². The van der Waals surface area contributed by atoms with Crippen LogP contribution in [0, 0.1) is 11.3 Å². The molecule has 1 saturated heterocycles. The zero-order chi connectivity index (χ0) is 18.1. The van der Waals surface area contributed by atoms with Crippen LogP contribution in [0.3, 0.4) is 0 Å². The Kier molecular flexibility index (Phi) is 5.47. The van der Waals surface area contributed by atoms with E-state index in [0.717, 1.165) is 38.6 Å². The minimum absolute atomic E-state index is 0.0487. The maximum absolute atomic E-state index is 12.1. The number of guanidine groups is 1. The lowest BCUT2D eigenvalue weighted by molar-refractivity contribution is -0.177. The smallest absolute Gasteiger partial charge is 0.225 e. The molecule has 1 saturated carbocycles. The number of aliphatic imine (C=N–C) groups is 1. The molecule has 2 aliphatic rings. The van der Waals surface area contributed by atoms with E-state index >= 15 is 0 Å². The number of rotatable bonds is 3. The summed E-state index contributed by atoms with van der Waals surface area (Å²) in [6, 6.07) is 0.344. The molecule has 1 N–H and O–H groups in total. The lowest BCUT2D eigenvalue weighted by Gasteiger charge is -2.59. The van der Waals surface area contributed by atoms with Crippen LogP contribution in [0.1, 0.15) is 41.0 Å². The van der Waals surface area contributed by atoms with Crippen molar-refractivity contribution in [2.24, 2.45) is 16.3 Å². The fraction of sp³-hybridized carbons (Fsp3) is 0.889. The molecule has 2 unspecified atom stereocenters. The Labute approximate surface area is 146 Å². The third-order valence-corrected chi connectivity index (χ3v) is 6.18. The van der Waals surface area contributed by atoms with Crippen LogP contribution >= 0.6 is 0 Å². The van der Waals surface area contributed by atoms with E-state index in [9.17, 15) is 4.79 Å². The van der Waals surface area contributed by atoms with Crippen LogP contribution in [0.5, 0.6) is 0 Å². The highest BCUT2D eigenvalue weighted by atomic mass is 16.5. The molecule has 0 aromatic rings. The maximum atomic E-state index is 12.1. The van der Waals surface area contributed by atoms with Gasteiger partial charge in [-0.05, 0) is 13.3 Å². The van der Waals surface area contributed by atoms with E-state index in [1.165, 1.54) is 0 Å². The molecule has 6 heteroatoms. The second kappa shape index (κ2) is 6.90. The van der Waals surface area contributed by atoms with Crippen molar-refractivity contribution in [3.05, 3.63) is 0 Å². The van der Waals surface area contributed by atoms with Crippen molar-refractivity contribution in [1.29, 1.82) is 0 Å². The average Bonchev–Trinajstić information content (AvgIpc) is 2.57. The molecule has 2 rings (SSSR count). The van der Waals surface area contributed by atoms with Gasteiger partial charge in [-0.1, -0.05) is 27.7 Å². The molecule has 1 aliphatic heterocycles. The Hall–Kier alpha value is -1.30. The molecule has 2 fully saturated rings. The predicted molar refractivity (Wildman–Crippen MR) is 97.1 cm³/mol. The number of amides is 1. The third-order valence-electron chi connectivity index (χ3n) is 6.18. The molecule has 0 bridgehead atoms. The van der Waals surface area contributed by atoms with Crippen LogP contribution in [-0.2, 0) is 9.53 Å². The van der Waals surface area contributed by atoms with Crippen LogP contribution in [0.15, 0.2) is 4.99 Å². The molecule has 0 aromatic heterocycles. The Morgan fingerprint density at radius 2 is 1.71 bits per heavy atom. The zero-order valence-corrected chi connectivity index (χ0v) is 16.3. The molecule has 0 spiro atoms. The number of nitrogens with zero attached hydrogens (tertiary/aromatic N) is 3. The largest absolute Gasteiger partial charge is 0.378 e. The molecule has 138 valence electrons. The summed E-state index contributed by atoms with van der Waals surface area (Å²) in [4.78, 5) is 20.8. The second-order valence-corrected chi connectivity index (χ2v) is 8.07. The van der Waals surface area contributed by atoms with Crippen molar-refractivity contribution in [3.8, 4) is 0 Å². The van der Waals surface area contributed by atoms with Crippen LogP contribution < -0.4 is 5.32 Å². The number of carbonyl (C=O) groups excluding carboxylic acids is 1. The van der Waals surface area contributed by atoms with E-state index < -0.39 is 0 Å². The van der Waals surface area contributed by atoms with E-state index in [4.69, 9.17) is 4.74 Å². The molecule has 24 heavy (non-hydrogen) atoms. The van der Waals surface area contributed by atoms with Crippen LogP contribution in [0.25, 0.3) is 0 Å². The van der Waals surface area contributed by atoms with Crippen molar-refractivity contribution < 1.29 is 9.53 Å². The highest BCUT2D eigenvalue weighted by Crippen LogP contribution is 2.51. The van der Waals surface area contributed by atoms with Gasteiger partial charge >= 0.3 is 0 Å². The first-order valence-electron chi connectivity index (χ1n) is 8.98. The summed E-state index contributed by atoms with van der Waals surface area (Å²) < 4.78 is 5.71. The summed E-state index contributed by atoms with van der Waals surface area (Å²) >= 11 is 0. The van der Waals surface area contributed by atoms with Crippen LogP contribution in [0.4, 0.5) is 0 Å². The summed E-state index contributed by atoms with van der Waals surface area (Å²) in [6.45, 7) is 13.8. The summed E-state index contributed by atoms with van der Waals surface area (Å²) in [5.41, 5.74) is -0.0426. The van der Waals surface area contributed by atoms with Gasteiger partial charge in [0.2, 0.25) is 5.91 Å². The van der Waals surface area contributed by atoms with Gasteiger partial charge in [0.25, 0.3) is 0 Å². The number of hydrogen-bond donors (Lipinski definition) is 1. The van der Waals surface area contributed by atoms with E-state index in [1.54, 1.807) is 7.11 Å². The fourth-order valence-electron chi connectivity index (χ4n) is 3.68. The Morgan fingerprint density at radius 1 is 1.17 bits per heavy atom. The molecule has 1 amide bonds. The fourth-order valence-corrected chi connectivity index (χ4v) is 3.68. The van der Waals surface area contributed by atoms with Gasteiger partial charge < -0.3 is 19.9 Å². The molecular weight excluding hydrogens is 304 g/mol. The molecule has 0 aromatic carbocycles. The molecule has 0 radical (unpaired) electrons. The topological polar surface area (TPSA) is 57.2 Å². The number of carbonyl (C=O) groups is 1. The van der Waals surface area contributed by atoms with Crippen molar-refractivity contribution in [3.63, 3.8) is 0 Å². The van der Waals surface area contributed by atoms with Gasteiger partial charge in [-0.15, -0.1) is 0 Å². The maximum Gasteiger partial charge on any atom is 0.225 e. The number of ether oxygens (including phenoxy) is 1. The Bertz CT molecular complexity index is 495. The normalized spacial score (nSPS) is 30.3. The number of nitrogens with one attached hydrogen (secondary N) is 1. The summed E-state index contributed by atoms with van der Waals surface area (Å²) in [5, 5.41) is 3.61. The van der Waals surface area contributed by atoms with Crippen molar-refractivity contribution in [1.82, 2.24) is 15.1 Å². The third kappa shape index (κ3) is 3.25. The van der Waals surface area contributed by atoms with Gasteiger partial charge in [0.1, 0.15) is 0 Å². The van der Waals surface area contributed by atoms with Crippen LogP contribution in [-0.4, -0.2) is 73.6 Å². The minimum Gasteiger partial charge on any atom is -0.378 e. The van der Waals surface area contributed by atoms with Crippen LogP contribution in [0.2, 0.25) is 0 Å². The molecule has 2 atom stereocenters. The number of piperazine rings is 1. The molecule has 6 nitrogen and oxygen atoms in total. The lowest BCUT2D eigenvalue weighted by atomic mass is 9.56. The monoisotopic (exact) mass is 338 g/mol. The van der Waals surface area contributed by atoms with Crippen molar-refractivity contribution in [2.75, 3.05) is 40.3 Å².